The lowest BCUT2D eigenvalue weighted by molar-refractivity contribution is 0.568. The molecule has 1 aromatic carbocycles. The van der Waals surface area contributed by atoms with Crippen molar-refractivity contribution in [2.24, 2.45) is 0 Å². The quantitative estimate of drug-likeness (QED) is 0.751. The number of rotatable bonds is 1. The van der Waals surface area contributed by atoms with Gasteiger partial charge in [-0.3, -0.25) is 0 Å². The van der Waals surface area contributed by atoms with E-state index in [0.29, 0.717) is 21.5 Å². The Morgan fingerprint density at radius 3 is 2.64 bits per heavy atom. The largest absolute Gasteiger partial charge is 0.423 e. The summed E-state index contributed by atoms with van der Waals surface area (Å²) in [5.41, 5.74) is 0.653. The molecule has 0 fully saturated rings. The Labute approximate surface area is 98.2 Å². The lowest BCUT2D eigenvalue weighted by Gasteiger charge is -2.01. The number of aromatic nitrogens is 2. The van der Waals surface area contributed by atoms with Gasteiger partial charge in [0.15, 0.2) is 0 Å². The van der Waals surface area contributed by atoms with E-state index in [4.69, 9.17) is 27.6 Å². The molecule has 0 N–H and O–H groups in total. The highest BCUT2D eigenvalue weighted by molar-refractivity contribution is 9.10. The summed E-state index contributed by atoms with van der Waals surface area (Å²) in [4.78, 5) is 0. The van der Waals surface area contributed by atoms with Gasteiger partial charge in [-0.2, -0.15) is 0 Å². The molecule has 72 valence electrons. The van der Waals surface area contributed by atoms with Gasteiger partial charge in [-0.05, 0) is 28.1 Å². The van der Waals surface area contributed by atoms with Gasteiger partial charge < -0.3 is 4.42 Å². The van der Waals surface area contributed by atoms with Crippen molar-refractivity contribution in [3.05, 3.63) is 33.0 Å². The van der Waals surface area contributed by atoms with Crippen LogP contribution in [0.1, 0.15) is 0 Å². The topological polar surface area (TPSA) is 38.9 Å². The maximum atomic E-state index is 5.96. The van der Waals surface area contributed by atoms with Gasteiger partial charge in [-0.25, -0.2) is 0 Å². The van der Waals surface area contributed by atoms with Crippen molar-refractivity contribution in [1.29, 1.82) is 0 Å². The summed E-state index contributed by atoms with van der Waals surface area (Å²) in [5.74, 6) is 0.368. The van der Waals surface area contributed by atoms with Gasteiger partial charge in [0, 0.05) is 4.47 Å². The molecular formula is C8H3BrCl2N2O. The van der Waals surface area contributed by atoms with Crippen LogP contribution >= 0.6 is 39.1 Å². The van der Waals surface area contributed by atoms with Crippen LogP contribution in [-0.4, -0.2) is 10.2 Å². The Kier molecular flexibility index (Phi) is 2.76. The zero-order chi connectivity index (χ0) is 10.1. The number of benzene rings is 1. The van der Waals surface area contributed by atoms with E-state index in [1.807, 2.05) is 0 Å². The highest BCUT2D eigenvalue weighted by atomic mass is 79.9. The van der Waals surface area contributed by atoms with Gasteiger partial charge in [-0.15, -0.1) is 10.2 Å². The molecule has 0 saturated heterocycles. The maximum Gasteiger partial charge on any atom is 0.248 e. The number of halogens is 3. The van der Waals surface area contributed by atoms with Gasteiger partial charge in [-0.1, -0.05) is 23.2 Å². The van der Waals surface area contributed by atoms with Gasteiger partial charge in [0.25, 0.3) is 0 Å². The minimum absolute atomic E-state index is 0.368. The minimum Gasteiger partial charge on any atom is -0.423 e. The zero-order valence-electron chi connectivity index (χ0n) is 6.67. The smallest absolute Gasteiger partial charge is 0.248 e. The van der Waals surface area contributed by atoms with Crippen LogP contribution in [0.2, 0.25) is 10.0 Å². The molecule has 1 aromatic heterocycles. The van der Waals surface area contributed by atoms with Crippen LogP contribution in [0.25, 0.3) is 11.5 Å². The number of hydrogen-bond donors (Lipinski definition) is 0. The fraction of sp³-hybridized carbons (Fsp3) is 0. The zero-order valence-corrected chi connectivity index (χ0v) is 9.77. The Balaban J connectivity index is 2.60. The fourth-order valence-electron chi connectivity index (χ4n) is 0.977. The molecule has 3 nitrogen and oxygen atoms in total. The number of nitrogens with zero attached hydrogens (tertiary/aromatic N) is 2. The van der Waals surface area contributed by atoms with Gasteiger partial charge in [0.05, 0.1) is 15.6 Å². The standard InChI is InChI=1S/C8H3BrCl2N2O/c9-5-1-4(6(10)2-7(5)11)8-13-12-3-14-8/h1-3H. The molecule has 0 bridgehead atoms. The third-order valence-electron chi connectivity index (χ3n) is 1.60. The molecule has 0 aliphatic rings. The van der Waals surface area contributed by atoms with E-state index in [9.17, 15) is 0 Å². The first-order valence-corrected chi connectivity index (χ1v) is 5.14. The normalized spacial score (nSPS) is 10.5. The first kappa shape index (κ1) is 9.96. The van der Waals surface area contributed by atoms with E-state index in [-0.39, 0.29) is 0 Å². The molecule has 14 heavy (non-hydrogen) atoms. The van der Waals surface area contributed by atoms with Crippen molar-refractivity contribution < 1.29 is 4.42 Å². The summed E-state index contributed by atoms with van der Waals surface area (Å²) >= 11 is 15.1. The Bertz CT molecular complexity index is 459. The van der Waals surface area contributed by atoms with Crippen LogP contribution < -0.4 is 0 Å². The van der Waals surface area contributed by atoms with Crippen molar-refractivity contribution in [3.8, 4) is 11.5 Å². The van der Waals surface area contributed by atoms with Crippen molar-refractivity contribution >= 4 is 39.1 Å². The first-order valence-electron chi connectivity index (χ1n) is 3.59. The van der Waals surface area contributed by atoms with Gasteiger partial charge >= 0.3 is 0 Å². The SMILES string of the molecule is Clc1cc(Cl)c(-c2nnco2)cc1Br. The summed E-state index contributed by atoms with van der Waals surface area (Å²) in [5, 5.41) is 8.34. The highest BCUT2D eigenvalue weighted by Gasteiger charge is 2.11. The summed E-state index contributed by atoms with van der Waals surface area (Å²) in [6.07, 6.45) is 1.24. The molecule has 0 aliphatic heterocycles. The third-order valence-corrected chi connectivity index (χ3v) is 3.11. The van der Waals surface area contributed by atoms with E-state index in [1.165, 1.54) is 6.39 Å². The number of hydrogen-bond acceptors (Lipinski definition) is 3. The van der Waals surface area contributed by atoms with Crippen LogP contribution in [0, 0.1) is 0 Å². The summed E-state index contributed by atoms with van der Waals surface area (Å²) < 4.78 is 5.76. The van der Waals surface area contributed by atoms with E-state index >= 15 is 0 Å². The molecule has 2 rings (SSSR count). The minimum atomic E-state index is 0.368. The van der Waals surface area contributed by atoms with Gasteiger partial charge in [0.2, 0.25) is 12.3 Å². The Hall–Kier alpha value is -0.580. The predicted molar refractivity (Wildman–Crippen MR) is 57.5 cm³/mol. The monoisotopic (exact) mass is 292 g/mol. The lowest BCUT2D eigenvalue weighted by Crippen LogP contribution is -1.81. The molecular weight excluding hydrogens is 291 g/mol. The molecule has 0 saturated carbocycles. The average Bonchev–Trinajstić information content (AvgIpc) is 2.64. The second-order valence-electron chi connectivity index (χ2n) is 2.49. The molecule has 6 heteroatoms. The van der Waals surface area contributed by atoms with Crippen LogP contribution in [0.3, 0.4) is 0 Å². The molecule has 0 unspecified atom stereocenters. The summed E-state index contributed by atoms with van der Waals surface area (Å²) in [6.45, 7) is 0. The second-order valence-corrected chi connectivity index (χ2v) is 4.16. The van der Waals surface area contributed by atoms with Crippen LogP contribution in [0.4, 0.5) is 0 Å². The van der Waals surface area contributed by atoms with Crippen molar-refractivity contribution in [2.75, 3.05) is 0 Å². The van der Waals surface area contributed by atoms with Crippen LogP contribution in [0.5, 0.6) is 0 Å². The van der Waals surface area contributed by atoms with Crippen molar-refractivity contribution in [1.82, 2.24) is 10.2 Å². The van der Waals surface area contributed by atoms with E-state index < -0.39 is 0 Å². The van der Waals surface area contributed by atoms with E-state index in [1.54, 1.807) is 12.1 Å². The second kappa shape index (κ2) is 3.88. The van der Waals surface area contributed by atoms with Crippen molar-refractivity contribution in [3.63, 3.8) is 0 Å². The Morgan fingerprint density at radius 2 is 2.00 bits per heavy atom. The molecule has 0 amide bonds. The van der Waals surface area contributed by atoms with Crippen LogP contribution in [-0.2, 0) is 0 Å². The molecule has 1 heterocycles. The maximum absolute atomic E-state index is 5.96. The summed E-state index contributed by atoms with van der Waals surface area (Å²) in [7, 11) is 0. The lowest BCUT2D eigenvalue weighted by atomic mass is 10.2. The average molecular weight is 294 g/mol. The Morgan fingerprint density at radius 1 is 1.21 bits per heavy atom. The molecule has 0 spiro atoms. The van der Waals surface area contributed by atoms with Crippen molar-refractivity contribution in [2.45, 2.75) is 0 Å². The molecule has 2 aromatic rings. The molecule has 0 atom stereocenters. The highest BCUT2D eigenvalue weighted by Crippen LogP contribution is 2.34. The third kappa shape index (κ3) is 1.78. The molecule has 0 radical (unpaired) electrons. The predicted octanol–water partition coefficient (Wildman–Crippen LogP) is 3.81. The molecule has 0 aliphatic carbocycles. The fourth-order valence-corrected chi connectivity index (χ4v) is 1.78. The van der Waals surface area contributed by atoms with Crippen LogP contribution in [0.15, 0.2) is 27.4 Å². The first-order chi connectivity index (χ1) is 6.68. The van der Waals surface area contributed by atoms with E-state index in [2.05, 4.69) is 26.1 Å². The van der Waals surface area contributed by atoms with Gasteiger partial charge in [0.1, 0.15) is 0 Å². The van der Waals surface area contributed by atoms with E-state index in [0.717, 1.165) is 4.47 Å². The summed E-state index contributed by atoms with van der Waals surface area (Å²) in [6, 6.07) is 3.35.